The second-order valence-electron chi connectivity index (χ2n) is 9.14. The molecule has 0 spiro atoms. The van der Waals surface area contributed by atoms with Crippen LogP contribution in [-0.4, -0.2) is 162 Å². The van der Waals surface area contributed by atoms with Crippen molar-refractivity contribution in [1.82, 2.24) is 15.4 Å². The van der Waals surface area contributed by atoms with Gasteiger partial charge in [0, 0.05) is 67.0 Å². The second kappa shape index (κ2) is 25.8. The molecule has 24 nitrogen and oxygen atoms in total. The highest BCUT2D eigenvalue weighted by Gasteiger charge is 2.35. The summed E-state index contributed by atoms with van der Waals surface area (Å²) < 4.78 is 18.6. The lowest BCUT2D eigenvalue weighted by Gasteiger charge is -2.17. The number of hydrogen-bond donors (Lipinski definition) is 6. The lowest BCUT2D eigenvalue weighted by Crippen LogP contribution is -2.38. The van der Waals surface area contributed by atoms with E-state index in [4.69, 9.17) is 35.0 Å². The number of hydrogen-bond acceptors (Lipinski definition) is 18. The van der Waals surface area contributed by atoms with Crippen molar-refractivity contribution in [2.45, 2.75) is 56.8 Å². The van der Waals surface area contributed by atoms with Gasteiger partial charge in [-0.2, -0.15) is 0 Å². The molecule has 0 aromatic rings. The summed E-state index contributed by atoms with van der Waals surface area (Å²) in [7, 11) is 5.46. The van der Waals surface area contributed by atoms with Gasteiger partial charge in [0.2, 0.25) is 11.8 Å². The van der Waals surface area contributed by atoms with Crippen LogP contribution in [0.15, 0.2) is 0 Å². The molecule has 50 heavy (non-hydrogen) atoms. The lowest BCUT2D eigenvalue weighted by molar-refractivity contribution is -0.205. The Morgan fingerprint density at radius 3 is 1.24 bits per heavy atom. The molecular formula is C26H39N3O21. The molecule has 3 unspecified atom stereocenters. The van der Waals surface area contributed by atoms with Crippen LogP contribution in [-0.2, 0) is 71.8 Å². The van der Waals surface area contributed by atoms with Crippen LogP contribution in [0, 0.1) is 0 Å². The van der Waals surface area contributed by atoms with E-state index in [9.17, 15) is 47.9 Å². The molecule has 6 amide bonds. The topological polar surface area (TPSA) is 346 Å². The molecule has 3 fully saturated rings. The van der Waals surface area contributed by atoms with Crippen LogP contribution >= 0.6 is 0 Å². The number of carboxylic acid groups (broad SMARTS) is 3. The van der Waals surface area contributed by atoms with Gasteiger partial charge >= 0.3 is 24.1 Å². The SMILES string of the molecule is COCC(OC)C(=O)O.COCC(OC)C(=O)ON1C(=O)CCC1=O.O=C(O)C(O)CO.O=C(O)ON1C(=O)CCC1=O.O=C1CCC(=O)N1. The summed E-state index contributed by atoms with van der Waals surface area (Å²) in [4.78, 5) is 113. The van der Waals surface area contributed by atoms with Crippen LogP contribution in [0.1, 0.15) is 38.5 Å². The fourth-order valence-corrected chi connectivity index (χ4v) is 2.90. The van der Waals surface area contributed by atoms with Crippen LogP contribution in [0.4, 0.5) is 4.79 Å². The Hall–Kier alpha value is -5.14. The summed E-state index contributed by atoms with van der Waals surface area (Å²) in [6.45, 7) is -0.646. The monoisotopic (exact) mass is 729 g/mol. The standard InChI is InChI=1S/C9H13NO6.C5H5NO5.C5H10O4.C4H5NO2.C3H6O4/c1-14-5-6(15-2)9(13)16-10-7(11)3-4-8(10)12;7-3-1-2-4(8)6(3)11-5(9)10;1-8-3-4(9-2)5(6)7;6-3-1-2-4(7)5-3;4-1-2(5)3(6)7/h6H,3-5H2,1-2H3;1-2H2,(H,9,10);4H,3H2,1-2H3,(H,6,7);1-2H2,(H,5,6,7);2,4-5H,1H2,(H,6,7). The highest BCUT2D eigenvalue weighted by Crippen LogP contribution is 2.13. The summed E-state index contributed by atoms with van der Waals surface area (Å²) in [6, 6.07) is 0. The Bertz CT molecular complexity index is 1160. The molecular weight excluding hydrogens is 690 g/mol. The number of nitrogens with zero attached hydrogens (tertiary/aromatic N) is 2. The minimum Gasteiger partial charge on any atom is -0.479 e. The van der Waals surface area contributed by atoms with Crippen molar-refractivity contribution in [2.75, 3.05) is 48.3 Å². The maximum atomic E-state index is 11.4. The Labute approximate surface area is 282 Å². The predicted octanol–water partition coefficient (Wildman–Crippen LogP) is -3.42. The van der Waals surface area contributed by atoms with Crippen LogP contribution in [0.5, 0.6) is 0 Å². The number of imide groups is 3. The van der Waals surface area contributed by atoms with Gasteiger partial charge in [-0.1, -0.05) is 5.06 Å². The van der Waals surface area contributed by atoms with Crippen LogP contribution in [0.3, 0.4) is 0 Å². The first kappa shape index (κ1) is 47.0. The fourth-order valence-electron chi connectivity index (χ4n) is 2.90. The van der Waals surface area contributed by atoms with Gasteiger partial charge in [-0.15, -0.1) is 5.06 Å². The molecule has 0 radical (unpaired) electrons. The van der Waals surface area contributed by atoms with Crippen LogP contribution in [0.25, 0.3) is 0 Å². The second-order valence-corrected chi connectivity index (χ2v) is 9.14. The minimum atomic E-state index is -1.66. The maximum Gasteiger partial charge on any atom is 0.531 e. The van der Waals surface area contributed by atoms with Gasteiger partial charge in [0.25, 0.3) is 23.6 Å². The first-order valence-electron chi connectivity index (χ1n) is 13.8. The molecule has 0 aliphatic carbocycles. The third-order valence-electron chi connectivity index (χ3n) is 5.42. The van der Waals surface area contributed by atoms with Crippen molar-refractivity contribution in [2.24, 2.45) is 0 Å². The van der Waals surface area contributed by atoms with Crippen molar-refractivity contribution in [3.8, 4) is 0 Å². The molecule has 0 aromatic heterocycles. The normalized spacial score (nSPS) is 16.5. The largest absolute Gasteiger partial charge is 0.531 e. The third-order valence-corrected chi connectivity index (χ3v) is 5.42. The van der Waals surface area contributed by atoms with Crippen LogP contribution < -0.4 is 5.32 Å². The van der Waals surface area contributed by atoms with Crippen molar-refractivity contribution < 1.29 is 102 Å². The molecule has 24 heteroatoms. The smallest absolute Gasteiger partial charge is 0.479 e. The van der Waals surface area contributed by atoms with Gasteiger partial charge in [-0.25, -0.2) is 19.2 Å². The molecule has 3 atom stereocenters. The maximum absolute atomic E-state index is 11.4. The highest BCUT2D eigenvalue weighted by atomic mass is 16.8. The zero-order valence-electron chi connectivity index (χ0n) is 27.3. The number of rotatable bonds is 12. The summed E-state index contributed by atoms with van der Waals surface area (Å²) in [6.07, 6.45) is -4.16. The van der Waals surface area contributed by atoms with Gasteiger partial charge in [0.15, 0.2) is 18.3 Å². The average Bonchev–Trinajstić information content (AvgIpc) is 3.71. The Kier molecular flexibility index (Phi) is 24.3. The van der Waals surface area contributed by atoms with Gasteiger partial charge < -0.3 is 49.3 Å². The van der Waals surface area contributed by atoms with Gasteiger partial charge in [-0.3, -0.25) is 38.9 Å². The number of carbonyl (C=O) groups is 10. The number of nitrogens with one attached hydrogen (secondary N) is 1. The van der Waals surface area contributed by atoms with Crippen molar-refractivity contribution in [3.05, 3.63) is 0 Å². The zero-order chi connectivity index (χ0) is 39.0. The number of ether oxygens (including phenoxy) is 4. The number of carbonyl (C=O) groups excluding carboxylic acids is 7. The number of carboxylic acids is 2. The van der Waals surface area contributed by atoms with E-state index in [-0.39, 0.29) is 55.8 Å². The van der Waals surface area contributed by atoms with Gasteiger partial charge in [0.1, 0.15) is 0 Å². The summed E-state index contributed by atoms with van der Waals surface area (Å²) >= 11 is 0. The predicted molar refractivity (Wildman–Crippen MR) is 153 cm³/mol. The fraction of sp³-hybridized carbons (Fsp3) is 0.615. The van der Waals surface area contributed by atoms with E-state index in [1.54, 1.807) is 0 Å². The van der Waals surface area contributed by atoms with Gasteiger partial charge in [-0.05, 0) is 0 Å². The summed E-state index contributed by atoms with van der Waals surface area (Å²) in [5.41, 5.74) is 0. The molecule has 0 aromatic carbocycles. The van der Waals surface area contributed by atoms with E-state index in [1.807, 2.05) is 0 Å². The summed E-state index contributed by atoms with van der Waals surface area (Å²) in [5, 5.41) is 43.0. The lowest BCUT2D eigenvalue weighted by atomic mass is 10.4. The van der Waals surface area contributed by atoms with Gasteiger partial charge in [0.05, 0.1) is 19.8 Å². The zero-order valence-corrected chi connectivity index (χ0v) is 27.3. The van der Waals surface area contributed by atoms with E-state index >= 15 is 0 Å². The third kappa shape index (κ3) is 19.6. The molecule has 0 bridgehead atoms. The molecule has 284 valence electrons. The van der Waals surface area contributed by atoms with E-state index in [0.717, 1.165) is 0 Å². The number of aliphatic hydroxyl groups excluding tert-OH is 2. The van der Waals surface area contributed by atoms with Crippen molar-refractivity contribution in [1.29, 1.82) is 0 Å². The van der Waals surface area contributed by atoms with E-state index in [1.165, 1.54) is 28.4 Å². The van der Waals surface area contributed by atoms with E-state index in [2.05, 4.69) is 24.5 Å². The minimum absolute atomic E-state index is 0.00838. The van der Waals surface area contributed by atoms with E-state index in [0.29, 0.717) is 17.9 Å². The van der Waals surface area contributed by atoms with Crippen molar-refractivity contribution in [3.63, 3.8) is 0 Å². The molecule has 3 saturated heterocycles. The highest BCUT2D eigenvalue weighted by molar-refractivity contribution is 6.02. The Morgan fingerprint density at radius 2 is 1.02 bits per heavy atom. The molecule has 3 aliphatic rings. The average molecular weight is 730 g/mol. The molecule has 3 aliphatic heterocycles. The van der Waals surface area contributed by atoms with Crippen molar-refractivity contribution >= 4 is 59.5 Å². The number of hydroxylamine groups is 4. The molecule has 0 saturated carbocycles. The molecule has 6 N–H and O–H groups in total. The molecule has 3 heterocycles. The number of aliphatic hydroxyl groups is 2. The number of aliphatic carboxylic acids is 2. The number of amides is 6. The van der Waals surface area contributed by atoms with Crippen LogP contribution in [0.2, 0.25) is 0 Å². The molecule has 3 rings (SSSR count). The Morgan fingerprint density at radius 1 is 0.640 bits per heavy atom. The quantitative estimate of drug-likeness (QED) is 0.106. The summed E-state index contributed by atoms with van der Waals surface area (Å²) in [5.74, 6) is -5.80. The first-order valence-corrected chi connectivity index (χ1v) is 13.8. The Balaban J connectivity index is 0. The van der Waals surface area contributed by atoms with E-state index < -0.39 is 72.6 Å². The first-order chi connectivity index (χ1) is 23.4. The number of methoxy groups -OCH3 is 4.